The van der Waals surface area contributed by atoms with Crippen molar-refractivity contribution in [2.45, 2.75) is 66.0 Å². The summed E-state index contributed by atoms with van der Waals surface area (Å²) >= 11 is 0. The van der Waals surface area contributed by atoms with E-state index in [2.05, 4.69) is 52.8 Å². The summed E-state index contributed by atoms with van der Waals surface area (Å²) < 4.78 is 49.0. The summed E-state index contributed by atoms with van der Waals surface area (Å²) in [5, 5.41) is 0. The van der Waals surface area contributed by atoms with Gasteiger partial charge in [-0.05, 0) is 48.6 Å². The van der Waals surface area contributed by atoms with Gasteiger partial charge in [0.15, 0.2) is 0 Å². The Hall–Kier alpha value is -4.36. The number of halogens is 3. The topological polar surface area (TPSA) is 30.3 Å². The second-order valence-electron chi connectivity index (χ2n) is 11.6. The number of imidazole rings is 1. The van der Waals surface area contributed by atoms with E-state index in [0.717, 1.165) is 76.2 Å². The van der Waals surface area contributed by atoms with Gasteiger partial charge in [-0.15, -0.1) is 0 Å². The van der Waals surface area contributed by atoms with Crippen LogP contribution in [0.15, 0.2) is 97.1 Å². The largest absolute Gasteiger partial charge is 0.496 e. The number of alkyl halides is 3. The maximum Gasteiger partial charge on any atom is 0.416 e. The summed E-state index contributed by atoms with van der Waals surface area (Å²) in [6, 6.07) is 30.2. The molecule has 4 nitrogen and oxygen atoms in total. The number of unbranched alkanes of at least 4 members (excludes halogenated alkanes) is 1. The summed E-state index contributed by atoms with van der Waals surface area (Å²) in [5.41, 5.74) is 7.06. The maximum atomic E-state index is 13.7. The lowest BCUT2D eigenvalue weighted by atomic mass is 10.0. The van der Waals surface area contributed by atoms with Crippen molar-refractivity contribution in [3.05, 3.63) is 131 Å². The van der Waals surface area contributed by atoms with Crippen LogP contribution >= 0.6 is 0 Å². The summed E-state index contributed by atoms with van der Waals surface area (Å²) in [5.74, 6) is 1.74. The van der Waals surface area contributed by atoms with E-state index in [0.29, 0.717) is 25.2 Å². The molecular formula is C38H40F3N3O. The van der Waals surface area contributed by atoms with Gasteiger partial charge in [-0.25, -0.2) is 4.98 Å². The summed E-state index contributed by atoms with van der Waals surface area (Å²) in [6.07, 6.45) is -2.42. The van der Waals surface area contributed by atoms with Crippen molar-refractivity contribution in [3.63, 3.8) is 0 Å². The van der Waals surface area contributed by atoms with Crippen molar-refractivity contribution in [2.24, 2.45) is 0 Å². The first-order valence-corrected chi connectivity index (χ1v) is 15.4. The van der Waals surface area contributed by atoms with Crippen LogP contribution < -0.4 is 4.74 Å². The molecule has 0 unspecified atom stereocenters. The number of benzene rings is 4. The molecule has 0 aliphatic rings. The van der Waals surface area contributed by atoms with Gasteiger partial charge in [-0.1, -0.05) is 104 Å². The minimum absolute atomic E-state index is 0.335. The third-order valence-corrected chi connectivity index (χ3v) is 8.05. The quantitative estimate of drug-likeness (QED) is 0.141. The van der Waals surface area contributed by atoms with Gasteiger partial charge in [-0.2, -0.15) is 13.2 Å². The first-order valence-electron chi connectivity index (χ1n) is 15.4. The van der Waals surface area contributed by atoms with E-state index in [9.17, 15) is 13.2 Å². The Labute approximate surface area is 264 Å². The number of hydrogen-bond acceptors (Lipinski definition) is 3. The van der Waals surface area contributed by atoms with Gasteiger partial charge < -0.3 is 9.30 Å². The van der Waals surface area contributed by atoms with E-state index < -0.39 is 11.7 Å². The van der Waals surface area contributed by atoms with Crippen LogP contribution in [0.1, 0.15) is 53.3 Å². The van der Waals surface area contributed by atoms with Gasteiger partial charge in [0.05, 0.1) is 24.1 Å². The smallest absolute Gasteiger partial charge is 0.416 e. The standard InChI is InChI=1S/C38H40F3N3O/c1-5-6-20-44-34(35(31-15-9-7-10-16-31)42-37(44)32-17-11-8-12-18-32)26-43(24-29-14-13-19-33(23-29)38(39,40)41)25-30-21-27(2)36(45-4)28(3)22-30/h7-19,21-23H,5-6,20,24-26H2,1-4H3. The fraction of sp³-hybridized carbons (Fsp3) is 0.289. The average molecular weight is 612 g/mol. The fourth-order valence-electron chi connectivity index (χ4n) is 6.03. The first kappa shape index (κ1) is 32.0. The molecule has 0 aliphatic heterocycles. The maximum absolute atomic E-state index is 13.7. The Balaban J connectivity index is 1.64. The molecule has 0 amide bonds. The molecule has 0 aliphatic carbocycles. The van der Waals surface area contributed by atoms with Gasteiger partial charge in [0.2, 0.25) is 0 Å². The highest BCUT2D eigenvalue weighted by atomic mass is 19.4. The Morgan fingerprint density at radius 2 is 1.38 bits per heavy atom. The van der Waals surface area contributed by atoms with Crippen molar-refractivity contribution in [2.75, 3.05) is 7.11 Å². The Morgan fingerprint density at radius 3 is 1.98 bits per heavy atom. The molecule has 0 fully saturated rings. The van der Waals surface area contributed by atoms with E-state index in [4.69, 9.17) is 9.72 Å². The summed E-state index contributed by atoms with van der Waals surface area (Å²) in [4.78, 5) is 7.46. The van der Waals surface area contributed by atoms with E-state index in [1.54, 1.807) is 13.2 Å². The van der Waals surface area contributed by atoms with Crippen molar-refractivity contribution in [3.8, 4) is 28.4 Å². The van der Waals surface area contributed by atoms with Crippen LogP contribution in [0.25, 0.3) is 22.6 Å². The van der Waals surface area contributed by atoms with Crippen LogP contribution in [-0.4, -0.2) is 21.6 Å². The Bertz CT molecular complexity index is 1690. The predicted molar refractivity (Wildman–Crippen MR) is 175 cm³/mol. The molecule has 1 heterocycles. The number of ether oxygens (including phenoxy) is 1. The molecule has 1 aromatic heterocycles. The zero-order valence-electron chi connectivity index (χ0n) is 26.4. The number of aryl methyl sites for hydroxylation is 2. The van der Waals surface area contributed by atoms with E-state index in [1.165, 1.54) is 12.1 Å². The summed E-state index contributed by atoms with van der Waals surface area (Å²) in [6.45, 7) is 8.36. The SMILES string of the molecule is CCCCn1c(-c2ccccc2)nc(-c2ccccc2)c1CN(Cc1cccc(C(F)(F)F)c1)Cc1cc(C)c(OC)c(C)c1. The second-order valence-corrected chi connectivity index (χ2v) is 11.6. The highest BCUT2D eigenvalue weighted by molar-refractivity contribution is 5.68. The monoisotopic (exact) mass is 611 g/mol. The lowest BCUT2D eigenvalue weighted by Crippen LogP contribution is -2.25. The van der Waals surface area contributed by atoms with Crippen LogP contribution in [0.3, 0.4) is 0 Å². The predicted octanol–water partition coefficient (Wildman–Crippen LogP) is 9.86. The molecule has 234 valence electrons. The molecule has 7 heteroatoms. The zero-order valence-corrected chi connectivity index (χ0v) is 26.4. The Kier molecular flexibility index (Phi) is 10.1. The van der Waals surface area contributed by atoms with Crippen molar-refractivity contribution < 1.29 is 17.9 Å². The van der Waals surface area contributed by atoms with Crippen molar-refractivity contribution in [1.82, 2.24) is 14.5 Å². The van der Waals surface area contributed by atoms with Crippen LogP contribution in [0.5, 0.6) is 5.75 Å². The molecule has 0 radical (unpaired) electrons. The first-order chi connectivity index (χ1) is 21.7. The van der Waals surface area contributed by atoms with Gasteiger partial charge >= 0.3 is 6.18 Å². The minimum atomic E-state index is -4.41. The number of methoxy groups -OCH3 is 1. The molecule has 0 atom stereocenters. The number of rotatable bonds is 12. The van der Waals surface area contributed by atoms with Gasteiger partial charge in [0, 0.05) is 37.3 Å². The van der Waals surface area contributed by atoms with E-state index in [-0.39, 0.29) is 0 Å². The molecular weight excluding hydrogens is 571 g/mol. The van der Waals surface area contributed by atoms with Gasteiger partial charge in [-0.3, -0.25) is 4.90 Å². The lowest BCUT2D eigenvalue weighted by molar-refractivity contribution is -0.137. The minimum Gasteiger partial charge on any atom is -0.496 e. The molecule has 0 bridgehead atoms. The van der Waals surface area contributed by atoms with E-state index >= 15 is 0 Å². The molecule has 5 rings (SSSR count). The van der Waals surface area contributed by atoms with Crippen LogP contribution in [0.4, 0.5) is 13.2 Å². The lowest BCUT2D eigenvalue weighted by Gasteiger charge is -2.25. The number of nitrogens with zero attached hydrogens (tertiary/aromatic N) is 3. The Morgan fingerprint density at radius 1 is 0.756 bits per heavy atom. The molecule has 0 saturated carbocycles. The van der Waals surface area contributed by atoms with Gasteiger partial charge in [0.25, 0.3) is 0 Å². The summed E-state index contributed by atoms with van der Waals surface area (Å²) in [7, 11) is 1.67. The molecule has 45 heavy (non-hydrogen) atoms. The fourth-order valence-corrected chi connectivity index (χ4v) is 6.03. The molecule has 0 saturated heterocycles. The molecule has 4 aromatic carbocycles. The number of hydrogen-bond donors (Lipinski definition) is 0. The zero-order chi connectivity index (χ0) is 32.0. The molecule has 5 aromatic rings. The van der Waals surface area contributed by atoms with Crippen LogP contribution in [0, 0.1) is 13.8 Å². The highest BCUT2D eigenvalue weighted by Gasteiger charge is 2.30. The number of aromatic nitrogens is 2. The molecule has 0 N–H and O–H groups in total. The van der Waals surface area contributed by atoms with Gasteiger partial charge in [0.1, 0.15) is 11.6 Å². The third kappa shape index (κ3) is 7.66. The van der Waals surface area contributed by atoms with Crippen LogP contribution in [0.2, 0.25) is 0 Å². The average Bonchev–Trinajstić information content (AvgIpc) is 3.38. The third-order valence-electron chi connectivity index (χ3n) is 8.05. The normalized spacial score (nSPS) is 11.7. The molecule has 0 spiro atoms. The van der Waals surface area contributed by atoms with E-state index in [1.807, 2.05) is 50.2 Å². The van der Waals surface area contributed by atoms with Crippen LogP contribution in [-0.2, 0) is 32.4 Å². The van der Waals surface area contributed by atoms with Crippen molar-refractivity contribution in [1.29, 1.82) is 0 Å². The van der Waals surface area contributed by atoms with Crippen molar-refractivity contribution >= 4 is 0 Å². The highest BCUT2D eigenvalue weighted by Crippen LogP contribution is 2.34. The second kappa shape index (κ2) is 14.2.